The van der Waals surface area contributed by atoms with Gasteiger partial charge in [0.2, 0.25) is 0 Å². The molecule has 160 valence electrons. The van der Waals surface area contributed by atoms with Gasteiger partial charge in [0.25, 0.3) is 11.8 Å². The number of fused-ring (bicyclic) bond motifs is 1. The molecule has 1 saturated heterocycles. The predicted octanol–water partition coefficient (Wildman–Crippen LogP) is 2.22. The van der Waals surface area contributed by atoms with Crippen LogP contribution in [0.3, 0.4) is 0 Å². The number of benzene rings is 1. The minimum absolute atomic E-state index is 0.0408. The lowest BCUT2D eigenvalue weighted by molar-refractivity contribution is 0.0526. The van der Waals surface area contributed by atoms with E-state index < -0.39 is 0 Å². The summed E-state index contributed by atoms with van der Waals surface area (Å²) in [5.74, 6) is -0.0948. The molecule has 3 aromatic rings. The number of hydrogen-bond acceptors (Lipinski definition) is 4. The molecule has 4 heterocycles. The fraction of sp³-hybridized carbons (Fsp3) is 0.391. The first-order chi connectivity index (χ1) is 15.1. The topological polar surface area (TPSA) is 76.3 Å². The molecule has 0 atom stereocenters. The van der Waals surface area contributed by atoms with Crippen molar-refractivity contribution >= 4 is 11.8 Å². The van der Waals surface area contributed by atoms with Gasteiger partial charge >= 0.3 is 0 Å². The van der Waals surface area contributed by atoms with Gasteiger partial charge in [-0.3, -0.25) is 19.0 Å². The Kier molecular flexibility index (Phi) is 5.05. The van der Waals surface area contributed by atoms with E-state index >= 15 is 0 Å². The van der Waals surface area contributed by atoms with E-state index in [-0.39, 0.29) is 11.8 Å². The lowest BCUT2D eigenvalue weighted by atomic mass is 10.1. The van der Waals surface area contributed by atoms with E-state index in [1.165, 1.54) is 0 Å². The molecule has 1 fully saturated rings. The van der Waals surface area contributed by atoms with Crippen LogP contribution in [0.2, 0.25) is 0 Å². The van der Waals surface area contributed by atoms with E-state index in [1.807, 2.05) is 47.1 Å². The van der Waals surface area contributed by atoms with Gasteiger partial charge in [-0.1, -0.05) is 30.3 Å². The normalized spacial score (nSPS) is 16.3. The van der Waals surface area contributed by atoms with E-state index in [4.69, 9.17) is 0 Å². The van der Waals surface area contributed by atoms with E-state index in [9.17, 15) is 9.59 Å². The van der Waals surface area contributed by atoms with Gasteiger partial charge in [-0.15, -0.1) is 0 Å². The van der Waals surface area contributed by atoms with Crippen molar-refractivity contribution in [2.24, 2.45) is 7.05 Å². The van der Waals surface area contributed by atoms with Gasteiger partial charge in [-0.25, -0.2) is 0 Å². The summed E-state index contributed by atoms with van der Waals surface area (Å²) in [5, 5.41) is 9.01. The number of aromatic nitrogens is 4. The molecular weight excluding hydrogens is 392 g/mol. The second-order valence-electron chi connectivity index (χ2n) is 8.19. The molecule has 0 N–H and O–H groups in total. The summed E-state index contributed by atoms with van der Waals surface area (Å²) in [6.07, 6.45) is 3.25. The number of amides is 2. The van der Waals surface area contributed by atoms with Crippen molar-refractivity contribution in [2.45, 2.75) is 25.8 Å². The zero-order valence-electron chi connectivity index (χ0n) is 17.7. The summed E-state index contributed by atoms with van der Waals surface area (Å²) in [4.78, 5) is 29.6. The minimum Gasteiger partial charge on any atom is -0.334 e. The molecule has 2 amide bonds. The van der Waals surface area contributed by atoms with E-state index in [1.54, 1.807) is 21.5 Å². The molecular formula is C23H26N6O2. The number of piperazine rings is 1. The Hall–Kier alpha value is -3.42. The zero-order chi connectivity index (χ0) is 21.4. The highest BCUT2D eigenvalue weighted by Gasteiger charge is 2.29. The highest BCUT2D eigenvalue weighted by molar-refractivity contribution is 5.95. The Bertz CT molecular complexity index is 1090. The van der Waals surface area contributed by atoms with Crippen molar-refractivity contribution in [3.8, 4) is 11.3 Å². The van der Waals surface area contributed by atoms with Crippen LogP contribution >= 0.6 is 0 Å². The van der Waals surface area contributed by atoms with Gasteiger partial charge in [0.1, 0.15) is 5.69 Å². The van der Waals surface area contributed by atoms with Crippen LogP contribution in [0.25, 0.3) is 11.3 Å². The fourth-order valence-electron chi connectivity index (χ4n) is 4.38. The minimum atomic E-state index is -0.0539. The summed E-state index contributed by atoms with van der Waals surface area (Å²) >= 11 is 0. The summed E-state index contributed by atoms with van der Waals surface area (Å²) in [6.45, 7) is 2.92. The summed E-state index contributed by atoms with van der Waals surface area (Å²) in [7, 11) is 1.79. The Balaban J connectivity index is 1.24. The number of nitrogens with zero attached hydrogens (tertiary/aromatic N) is 6. The third-order valence-electron chi connectivity index (χ3n) is 6.16. The van der Waals surface area contributed by atoms with Gasteiger partial charge in [0.15, 0.2) is 5.69 Å². The van der Waals surface area contributed by atoms with Crippen molar-refractivity contribution in [3.05, 3.63) is 59.5 Å². The van der Waals surface area contributed by atoms with Crippen molar-refractivity contribution in [3.63, 3.8) is 0 Å². The second kappa shape index (κ2) is 8.02. The van der Waals surface area contributed by atoms with Gasteiger partial charge in [0, 0.05) is 51.0 Å². The summed E-state index contributed by atoms with van der Waals surface area (Å²) in [6, 6.07) is 13.6. The fourth-order valence-corrected chi connectivity index (χ4v) is 4.38. The highest BCUT2D eigenvalue weighted by Crippen LogP contribution is 2.20. The quantitative estimate of drug-likeness (QED) is 0.654. The van der Waals surface area contributed by atoms with Crippen molar-refractivity contribution in [2.75, 3.05) is 26.2 Å². The van der Waals surface area contributed by atoms with Gasteiger partial charge in [-0.05, 0) is 31.4 Å². The smallest absolute Gasteiger partial charge is 0.274 e. The van der Waals surface area contributed by atoms with Crippen LogP contribution in [-0.4, -0.2) is 67.4 Å². The molecule has 8 heteroatoms. The Morgan fingerprint density at radius 3 is 2.26 bits per heavy atom. The van der Waals surface area contributed by atoms with Crippen LogP contribution in [-0.2, 0) is 20.0 Å². The number of carbonyl (C=O) groups is 2. The van der Waals surface area contributed by atoms with Crippen LogP contribution in [0.1, 0.15) is 39.5 Å². The maximum absolute atomic E-state index is 13.1. The average Bonchev–Trinajstić information content (AvgIpc) is 3.42. The molecule has 5 rings (SSSR count). The highest BCUT2D eigenvalue weighted by atomic mass is 16.2. The third kappa shape index (κ3) is 3.73. The molecule has 0 bridgehead atoms. The predicted molar refractivity (Wildman–Crippen MR) is 116 cm³/mol. The van der Waals surface area contributed by atoms with Gasteiger partial charge < -0.3 is 9.80 Å². The van der Waals surface area contributed by atoms with Crippen LogP contribution in [0.4, 0.5) is 0 Å². The van der Waals surface area contributed by atoms with Crippen LogP contribution in [0.15, 0.2) is 42.5 Å². The number of carbonyl (C=O) groups excluding carboxylic acids is 2. The molecule has 2 aromatic heterocycles. The molecule has 2 aliphatic heterocycles. The first-order valence-electron chi connectivity index (χ1n) is 10.8. The molecule has 1 aromatic carbocycles. The molecule has 31 heavy (non-hydrogen) atoms. The molecule has 0 spiro atoms. The molecule has 0 unspecified atom stereocenters. The number of hydrogen-bond donors (Lipinski definition) is 0. The molecule has 0 aliphatic carbocycles. The number of aryl methyl sites for hydroxylation is 3. The second-order valence-corrected chi connectivity index (χ2v) is 8.19. The van der Waals surface area contributed by atoms with Gasteiger partial charge in [0.05, 0.1) is 5.69 Å². The maximum atomic E-state index is 13.1. The lowest BCUT2D eigenvalue weighted by Crippen LogP contribution is -2.51. The summed E-state index contributed by atoms with van der Waals surface area (Å²) in [5.41, 5.74) is 3.99. The van der Waals surface area contributed by atoms with Crippen LogP contribution in [0.5, 0.6) is 0 Å². The Morgan fingerprint density at radius 1 is 0.839 bits per heavy atom. The largest absolute Gasteiger partial charge is 0.334 e. The Labute approximate surface area is 181 Å². The Morgan fingerprint density at radius 2 is 1.55 bits per heavy atom. The van der Waals surface area contributed by atoms with E-state index in [0.29, 0.717) is 37.6 Å². The molecule has 2 aliphatic rings. The molecule has 0 saturated carbocycles. The average molecular weight is 419 g/mol. The first-order valence-corrected chi connectivity index (χ1v) is 10.8. The monoisotopic (exact) mass is 418 g/mol. The van der Waals surface area contributed by atoms with Crippen molar-refractivity contribution in [1.29, 1.82) is 0 Å². The molecule has 0 radical (unpaired) electrons. The zero-order valence-corrected chi connectivity index (χ0v) is 17.7. The van der Waals surface area contributed by atoms with Crippen molar-refractivity contribution < 1.29 is 9.59 Å². The summed E-state index contributed by atoms with van der Waals surface area (Å²) < 4.78 is 3.60. The van der Waals surface area contributed by atoms with Crippen LogP contribution < -0.4 is 0 Å². The number of rotatable bonds is 3. The lowest BCUT2D eigenvalue weighted by Gasteiger charge is -2.34. The van der Waals surface area contributed by atoms with E-state index in [2.05, 4.69) is 10.2 Å². The molecule has 8 nitrogen and oxygen atoms in total. The van der Waals surface area contributed by atoms with Gasteiger partial charge in [-0.2, -0.15) is 10.2 Å². The third-order valence-corrected chi connectivity index (χ3v) is 6.16. The standard InChI is InChI=1S/C23H26N6O2/c1-26-21(16-19(24-26)17-7-3-2-4-8-17)23(31)28-13-11-27(12-14-28)22(30)20-15-18-9-5-6-10-29(18)25-20/h2-4,7-8,15-16H,5-6,9-14H2,1H3. The van der Waals surface area contributed by atoms with E-state index in [0.717, 1.165) is 42.8 Å². The SMILES string of the molecule is Cn1nc(-c2ccccc2)cc1C(=O)N1CCN(C(=O)c2cc3n(n2)CCCC3)CC1. The van der Waals surface area contributed by atoms with Crippen molar-refractivity contribution in [1.82, 2.24) is 29.4 Å². The maximum Gasteiger partial charge on any atom is 0.274 e. The van der Waals surface area contributed by atoms with Crippen LogP contribution in [0, 0.1) is 0 Å². The first kappa shape index (κ1) is 19.5.